The van der Waals surface area contributed by atoms with Gasteiger partial charge in [-0.15, -0.1) is 0 Å². The highest BCUT2D eigenvalue weighted by Gasteiger charge is 2.23. The monoisotopic (exact) mass is 440 g/mol. The lowest BCUT2D eigenvalue weighted by Gasteiger charge is -2.31. The molecule has 4 heterocycles. The summed E-state index contributed by atoms with van der Waals surface area (Å²) in [5, 5.41) is 0.535. The Labute approximate surface area is 185 Å². The van der Waals surface area contributed by atoms with Crippen LogP contribution >= 0.6 is 11.6 Å². The van der Waals surface area contributed by atoms with Crippen LogP contribution < -0.4 is 0 Å². The van der Waals surface area contributed by atoms with E-state index >= 15 is 0 Å². The minimum atomic E-state index is -0.312. The maximum absolute atomic E-state index is 12.6. The number of rotatable bonds is 6. The summed E-state index contributed by atoms with van der Waals surface area (Å²) >= 11 is 6.02. The van der Waals surface area contributed by atoms with E-state index in [4.69, 9.17) is 21.1 Å². The Hall–Kier alpha value is -2.48. The van der Waals surface area contributed by atoms with Gasteiger partial charge in [-0.05, 0) is 49.6 Å². The van der Waals surface area contributed by atoms with Crippen LogP contribution in [-0.2, 0) is 16.0 Å². The molecule has 1 aromatic carbocycles. The minimum Gasteiger partial charge on any atom is -0.446 e. The Morgan fingerprint density at radius 2 is 2.03 bits per heavy atom. The van der Waals surface area contributed by atoms with E-state index in [0.717, 1.165) is 62.2 Å². The van der Waals surface area contributed by atoms with Crippen molar-refractivity contribution < 1.29 is 14.3 Å². The summed E-state index contributed by atoms with van der Waals surface area (Å²) in [5.74, 6) is 0.0844. The molecule has 0 spiro atoms. The third-order valence-corrected chi connectivity index (χ3v) is 6.38. The second-order valence-electron chi connectivity index (χ2n) is 8.22. The van der Waals surface area contributed by atoms with Crippen LogP contribution in [0.15, 0.2) is 42.7 Å². The molecule has 0 radical (unpaired) electrons. The molecule has 1 unspecified atom stereocenters. The second kappa shape index (κ2) is 8.94. The number of aromatic nitrogens is 3. The van der Waals surface area contributed by atoms with Crippen molar-refractivity contribution in [3.63, 3.8) is 0 Å². The van der Waals surface area contributed by atoms with Gasteiger partial charge in [0.1, 0.15) is 11.9 Å². The average Bonchev–Trinajstić information content (AvgIpc) is 3.17. The van der Waals surface area contributed by atoms with Crippen molar-refractivity contribution in [3.05, 3.63) is 59.1 Å². The fourth-order valence-corrected chi connectivity index (χ4v) is 4.39. The lowest BCUT2D eigenvalue weighted by Crippen LogP contribution is -2.35. The first-order chi connectivity index (χ1) is 15.2. The fourth-order valence-electron chi connectivity index (χ4n) is 4.22. The van der Waals surface area contributed by atoms with Gasteiger partial charge in [0.2, 0.25) is 0 Å². The Balaban J connectivity index is 1.16. The average molecular weight is 441 g/mol. The Morgan fingerprint density at radius 1 is 1.19 bits per heavy atom. The zero-order chi connectivity index (χ0) is 21.2. The summed E-state index contributed by atoms with van der Waals surface area (Å²) in [5.41, 5.74) is 3.38. The van der Waals surface area contributed by atoms with Crippen molar-refractivity contribution in [3.8, 4) is 0 Å². The van der Waals surface area contributed by atoms with Crippen LogP contribution in [0.25, 0.3) is 11.0 Å². The van der Waals surface area contributed by atoms with E-state index < -0.39 is 0 Å². The van der Waals surface area contributed by atoms with E-state index in [1.165, 1.54) is 0 Å². The van der Waals surface area contributed by atoms with Gasteiger partial charge in [0.15, 0.2) is 0 Å². The Kier molecular flexibility index (Phi) is 5.89. The normalized spacial score (nSPS) is 20.0. The van der Waals surface area contributed by atoms with Crippen LogP contribution in [0.5, 0.6) is 0 Å². The molecule has 0 bridgehead atoms. The highest BCUT2D eigenvalue weighted by molar-refractivity contribution is 6.29. The number of piperidine rings is 1. The highest BCUT2D eigenvalue weighted by Crippen LogP contribution is 2.27. The summed E-state index contributed by atoms with van der Waals surface area (Å²) < 4.78 is 13.2. The zero-order valence-electron chi connectivity index (χ0n) is 17.2. The van der Waals surface area contributed by atoms with Crippen LogP contribution in [0.4, 0.5) is 0 Å². The highest BCUT2D eigenvalue weighted by atomic mass is 35.5. The van der Waals surface area contributed by atoms with Gasteiger partial charge in [0.25, 0.3) is 0 Å². The van der Waals surface area contributed by atoms with E-state index in [0.29, 0.717) is 23.4 Å². The number of pyridine rings is 1. The topological polar surface area (TPSA) is 69.5 Å². The maximum atomic E-state index is 12.6. The number of esters is 1. The van der Waals surface area contributed by atoms with E-state index in [2.05, 4.69) is 14.9 Å². The first-order valence-electron chi connectivity index (χ1n) is 10.7. The molecule has 7 nitrogen and oxygen atoms in total. The second-order valence-corrected chi connectivity index (χ2v) is 8.61. The number of carbonyl (C=O) groups is 1. The molecule has 1 atom stereocenters. The van der Waals surface area contributed by atoms with Gasteiger partial charge >= 0.3 is 5.97 Å². The van der Waals surface area contributed by atoms with Gasteiger partial charge in [-0.1, -0.05) is 17.7 Å². The van der Waals surface area contributed by atoms with Crippen LogP contribution in [-0.4, -0.2) is 57.9 Å². The molecule has 8 heteroatoms. The van der Waals surface area contributed by atoms with Crippen LogP contribution in [0.1, 0.15) is 41.2 Å². The number of fused-ring (bicyclic) bond motifs is 1. The van der Waals surface area contributed by atoms with E-state index in [-0.39, 0.29) is 12.1 Å². The van der Waals surface area contributed by atoms with Crippen LogP contribution in [0, 0.1) is 0 Å². The Morgan fingerprint density at radius 3 is 2.77 bits per heavy atom. The van der Waals surface area contributed by atoms with E-state index in [9.17, 15) is 4.79 Å². The maximum Gasteiger partial charge on any atom is 0.339 e. The molecule has 31 heavy (non-hydrogen) atoms. The molecule has 2 aliphatic rings. The summed E-state index contributed by atoms with van der Waals surface area (Å²) in [7, 11) is 0. The van der Waals surface area contributed by atoms with Gasteiger partial charge in [-0.25, -0.2) is 14.8 Å². The number of nitrogens with zero attached hydrogens (tertiary/aromatic N) is 4. The quantitative estimate of drug-likeness (QED) is 0.428. The molecule has 0 aliphatic carbocycles. The predicted molar refractivity (Wildman–Crippen MR) is 117 cm³/mol. The molecule has 0 amide bonds. The standard InChI is InChI=1S/C23H25ClN4O3/c24-22-3-1-2-19(26-22)16-6-9-27(10-7-16)15-31-23(29)17-4-5-20-21(12-17)28(14-25-20)13-18-8-11-30-18/h1-5,12,14,16,18H,6-11,13,15H2. The number of hydrogen-bond acceptors (Lipinski definition) is 6. The zero-order valence-corrected chi connectivity index (χ0v) is 18.0. The van der Waals surface area contributed by atoms with Gasteiger partial charge in [-0.3, -0.25) is 4.90 Å². The molecule has 0 N–H and O–H groups in total. The molecule has 2 aliphatic heterocycles. The number of likely N-dealkylation sites (tertiary alicyclic amines) is 1. The SMILES string of the molecule is O=C(OCN1CCC(c2cccc(Cl)n2)CC1)c1ccc2ncn(CC3CCO3)c2c1. The van der Waals surface area contributed by atoms with Crippen molar-refractivity contribution >= 4 is 28.6 Å². The molecule has 162 valence electrons. The van der Waals surface area contributed by atoms with Crippen LogP contribution in [0.2, 0.25) is 5.15 Å². The summed E-state index contributed by atoms with van der Waals surface area (Å²) in [6.45, 7) is 3.59. The van der Waals surface area contributed by atoms with Gasteiger partial charge in [0, 0.05) is 31.3 Å². The van der Waals surface area contributed by atoms with Crippen LogP contribution in [0.3, 0.4) is 0 Å². The molecule has 3 aromatic rings. The molecular weight excluding hydrogens is 416 g/mol. The largest absolute Gasteiger partial charge is 0.446 e. The summed E-state index contributed by atoms with van der Waals surface area (Å²) in [6.07, 6.45) is 5.04. The molecule has 2 fully saturated rings. The molecule has 5 rings (SSSR count). The number of benzene rings is 1. The van der Waals surface area contributed by atoms with E-state index in [1.54, 1.807) is 18.5 Å². The van der Waals surface area contributed by atoms with Gasteiger partial charge in [0.05, 0.1) is 35.6 Å². The minimum absolute atomic E-state index is 0.234. The smallest absolute Gasteiger partial charge is 0.339 e. The third kappa shape index (κ3) is 4.59. The van der Waals surface area contributed by atoms with E-state index in [1.807, 2.05) is 28.8 Å². The van der Waals surface area contributed by atoms with Gasteiger partial charge < -0.3 is 14.0 Å². The van der Waals surface area contributed by atoms with Crippen molar-refractivity contribution in [1.82, 2.24) is 19.4 Å². The number of ether oxygens (including phenoxy) is 2. The number of hydrogen-bond donors (Lipinski definition) is 0. The number of carbonyl (C=O) groups excluding carboxylic acids is 1. The lowest BCUT2D eigenvalue weighted by molar-refractivity contribution is -0.0586. The molecule has 2 aromatic heterocycles. The first-order valence-corrected chi connectivity index (χ1v) is 11.1. The fraction of sp³-hybridized carbons (Fsp3) is 0.435. The van der Waals surface area contributed by atoms with Crippen molar-refractivity contribution in [2.75, 3.05) is 26.4 Å². The number of halogens is 1. The van der Waals surface area contributed by atoms with Gasteiger partial charge in [-0.2, -0.15) is 0 Å². The number of imidazole rings is 1. The van der Waals surface area contributed by atoms with Crippen molar-refractivity contribution in [2.24, 2.45) is 0 Å². The summed E-state index contributed by atoms with van der Waals surface area (Å²) in [6, 6.07) is 11.3. The lowest BCUT2D eigenvalue weighted by atomic mass is 9.93. The molecule has 0 saturated carbocycles. The van der Waals surface area contributed by atoms with Crippen molar-refractivity contribution in [2.45, 2.75) is 37.8 Å². The molecule has 2 saturated heterocycles. The third-order valence-electron chi connectivity index (χ3n) is 6.17. The predicted octanol–water partition coefficient (Wildman–Crippen LogP) is 3.87. The molecular formula is C23H25ClN4O3. The summed E-state index contributed by atoms with van der Waals surface area (Å²) in [4.78, 5) is 23.7. The first kappa shape index (κ1) is 20.4. The Bertz CT molecular complexity index is 1070. The van der Waals surface area contributed by atoms with Crippen molar-refractivity contribution in [1.29, 1.82) is 0 Å².